The summed E-state index contributed by atoms with van der Waals surface area (Å²) in [6.45, 7) is 1.73. The summed E-state index contributed by atoms with van der Waals surface area (Å²) < 4.78 is 13.1. The summed E-state index contributed by atoms with van der Waals surface area (Å²) in [5.74, 6) is -0.688. The maximum Gasteiger partial charge on any atom is 0.270 e. The quantitative estimate of drug-likeness (QED) is 0.324. The Balaban J connectivity index is 1.53. The standard InChI is InChI=1S/C20H13FN4O3S2/c1-11-17(30-19(22-11)12-5-7-14(21)8-6-12)18(26)24-20-23-16(10-29-20)13-3-2-4-15(9-13)25(27)28/h2-10H,1H3,(H,23,24,26). The monoisotopic (exact) mass is 440 g/mol. The number of non-ortho nitro benzene ring substituents is 1. The van der Waals surface area contributed by atoms with Gasteiger partial charge in [-0.2, -0.15) is 0 Å². The molecule has 0 saturated carbocycles. The van der Waals surface area contributed by atoms with Gasteiger partial charge in [0.15, 0.2) is 5.13 Å². The number of aryl methyl sites for hydroxylation is 1. The Bertz CT molecular complexity index is 1250. The van der Waals surface area contributed by atoms with Gasteiger partial charge >= 0.3 is 0 Å². The normalized spacial score (nSPS) is 10.7. The van der Waals surface area contributed by atoms with E-state index < -0.39 is 4.92 Å². The molecule has 0 atom stereocenters. The summed E-state index contributed by atoms with van der Waals surface area (Å²) in [4.78, 5) is 32.4. The Morgan fingerprint density at radius 2 is 1.90 bits per heavy atom. The lowest BCUT2D eigenvalue weighted by Crippen LogP contribution is -2.11. The van der Waals surface area contributed by atoms with Crippen LogP contribution >= 0.6 is 22.7 Å². The van der Waals surface area contributed by atoms with Crippen molar-refractivity contribution >= 4 is 39.4 Å². The van der Waals surface area contributed by atoms with Crippen molar-refractivity contribution < 1.29 is 14.1 Å². The van der Waals surface area contributed by atoms with E-state index >= 15 is 0 Å². The lowest BCUT2D eigenvalue weighted by atomic mass is 10.1. The van der Waals surface area contributed by atoms with E-state index in [1.807, 2.05) is 0 Å². The average Bonchev–Trinajstić information content (AvgIpc) is 3.35. The zero-order valence-corrected chi connectivity index (χ0v) is 17.1. The van der Waals surface area contributed by atoms with E-state index in [4.69, 9.17) is 0 Å². The highest BCUT2D eigenvalue weighted by Gasteiger charge is 2.18. The van der Waals surface area contributed by atoms with Crippen LogP contribution in [0.1, 0.15) is 15.4 Å². The van der Waals surface area contributed by atoms with E-state index in [9.17, 15) is 19.3 Å². The second-order valence-electron chi connectivity index (χ2n) is 6.24. The predicted molar refractivity (Wildman–Crippen MR) is 114 cm³/mol. The van der Waals surface area contributed by atoms with Crippen LogP contribution in [-0.2, 0) is 0 Å². The first-order valence-corrected chi connectivity index (χ1v) is 10.4. The van der Waals surface area contributed by atoms with Crippen LogP contribution in [0.25, 0.3) is 21.8 Å². The molecule has 2 aromatic carbocycles. The predicted octanol–water partition coefficient (Wildman–Crippen LogP) is 5.54. The van der Waals surface area contributed by atoms with Crippen LogP contribution < -0.4 is 5.32 Å². The molecule has 4 aromatic rings. The summed E-state index contributed by atoms with van der Waals surface area (Å²) in [7, 11) is 0. The summed E-state index contributed by atoms with van der Waals surface area (Å²) in [5.41, 5.74) is 2.39. The van der Waals surface area contributed by atoms with Crippen LogP contribution in [0.5, 0.6) is 0 Å². The molecule has 4 rings (SSSR count). The highest BCUT2D eigenvalue weighted by atomic mass is 32.1. The van der Waals surface area contributed by atoms with E-state index in [1.165, 1.54) is 46.9 Å². The summed E-state index contributed by atoms with van der Waals surface area (Å²) in [5, 5.41) is 16.4. The molecule has 2 heterocycles. The smallest absolute Gasteiger partial charge is 0.270 e. The SMILES string of the molecule is Cc1nc(-c2ccc(F)cc2)sc1C(=O)Nc1nc(-c2cccc([N+](=O)[O-])c2)cs1. The molecule has 10 heteroatoms. The summed E-state index contributed by atoms with van der Waals surface area (Å²) in [6.07, 6.45) is 0. The maximum atomic E-state index is 13.1. The minimum absolute atomic E-state index is 0.0281. The molecule has 150 valence electrons. The molecular formula is C20H13FN4O3S2. The van der Waals surface area contributed by atoms with E-state index in [1.54, 1.807) is 36.6 Å². The van der Waals surface area contributed by atoms with Gasteiger partial charge in [-0.15, -0.1) is 22.7 Å². The van der Waals surface area contributed by atoms with Crippen LogP contribution in [0.3, 0.4) is 0 Å². The van der Waals surface area contributed by atoms with Gasteiger partial charge in [0, 0.05) is 28.6 Å². The highest BCUT2D eigenvalue weighted by Crippen LogP contribution is 2.30. The molecule has 0 bridgehead atoms. The van der Waals surface area contributed by atoms with E-state index in [0.717, 1.165) is 5.56 Å². The molecule has 0 aliphatic heterocycles. The fourth-order valence-corrected chi connectivity index (χ4v) is 4.40. The van der Waals surface area contributed by atoms with Gasteiger partial charge in [0.25, 0.3) is 11.6 Å². The van der Waals surface area contributed by atoms with Crippen LogP contribution in [0, 0.1) is 22.9 Å². The van der Waals surface area contributed by atoms with Crippen molar-refractivity contribution in [3.63, 3.8) is 0 Å². The Hall–Kier alpha value is -3.50. The molecule has 0 radical (unpaired) electrons. The summed E-state index contributed by atoms with van der Waals surface area (Å²) >= 11 is 2.43. The van der Waals surface area contributed by atoms with E-state index in [-0.39, 0.29) is 17.4 Å². The van der Waals surface area contributed by atoms with Crippen LogP contribution in [0.2, 0.25) is 0 Å². The first kappa shape index (κ1) is 19.8. The first-order chi connectivity index (χ1) is 14.4. The number of carbonyl (C=O) groups is 1. The average molecular weight is 440 g/mol. The topological polar surface area (TPSA) is 98.0 Å². The number of hydrogen-bond donors (Lipinski definition) is 1. The number of nitro benzene ring substituents is 1. The molecule has 0 fully saturated rings. The van der Waals surface area contributed by atoms with Crippen LogP contribution in [0.15, 0.2) is 53.9 Å². The number of carbonyl (C=O) groups excluding carboxylic acids is 1. The number of anilines is 1. The van der Waals surface area contributed by atoms with Crippen molar-refractivity contribution in [1.29, 1.82) is 0 Å². The molecule has 30 heavy (non-hydrogen) atoms. The zero-order chi connectivity index (χ0) is 21.3. The maximum absolute atomic E-state index is 13.1. The third-order valence-corrected chi connectivity index (χ3v) is 6.13. The number of benzene rings is 2. The first-order valence-electron chi connectivity index (χ1n) is 8.66. The molecule has 0 unspecified atom stereocenters. The number of nitrogens with one attached hydrogen (secondary N) is 1. The highest BCUT2D eigenvalue weighted by molar-refractivity contribution is 7.17. The Morgan fingerprint density at radius 3 is 2.63 bits per heavy atom. The lowest BCUT2D eigenvalue weighted by Gasteiger charge is -2.00. The second kappa shape index (κ2) is 8.09. The third-order valence-electron chi connectivity index (χ3n) is 4.17. The minimum atomic E-state index is -0.468. The lowest BCUT2D eigenvalue weighted by molar-refractivity contribution is -0.384. The molecule has 2 aromatic heterocycles. The van der Waals surface area contributed by atoms with Crippen molar-refractivity contribution in [1.82, 2.24) is 9.97 Å². The number of nitro groups is 1. The Morgan fingerprint density at radius 1 is 1.13 bits per heavy atom. The molecule has 7 nitrogen and oxygen atoms in total. The van der Waals surface area contributed by atoms with Gasteiger partial charge < -0.3 is 0 Å². The molecule has 0 saturated heterocycles. The minimum Gasteiger partial charge on any atom is -0.297 e. The van der Waals surface area contributed by atoms with Crippen molar-refractivity contribution in [3.8, 4) is 21.8 Å². The number of thiazole rings is 2. The number of halogens is 1. The van der Waals surface area contributed by atoms with Crippen LogP contribution in [0.4, 0.5) is 15.2 Å². The van der Waals surface area contributed by atoms with Gasteiger partial charge in [-0.1, -0.05) is 12.1 Å². The van der Waals surface area contributed by atoms with Crippen molar-refractivity contribution in [3.05, 3.63) is 80.4 Å². The number of amides is 1. The van der Waals surface area contributed by atoms with Gasteiger partial charge in [-0.3, -0.25) is 20.2 Å². The van der Waals surface area contributed by atoms with E-state index in [2.05, 4.69) is 15.3 Å². The van der Waals surface area contributed by atoms with Crippen molar-refractivity contribution in [2.75, 3.05) is 5.32 Å². The number of hydrogen-bond acceptors (Lipinski definition) is 7. The molecule has 1 N–H and O–H groups in total. The molecule has 0 spiro atoms. The fourth-order valence-electron chi connectivity index (χ4n) is 2.72. The fraction of sp³-hybridized carbons (Fsp3) is 0.0500. The number of aromatic nitrogens is 2. The molecule has 0 aliphatic carbocycles. The Labute approximate surface area is 178 Å². The molecule has 0 aliphatic rings. The van der Waals surface area contributed by atoms with Crippen molar-refractivity contribution in [2.45, 2.75) is 6.92 Å². The third kappa shape index (κ3) is 4.09. The van der Waals surface area contributed by atoms with Gasteiger partial charge in [0.05, 0.1) is 16.3 Å². The van der Waals surface area contributed by atoms with Gasteiger partial charge in [-0.05, 0) is 31.2 Å². The van der Waals surface area contributed by atoms with Gasteiger partial charge in [-0.25, -0.2) is 14.4 Å². The largest absolute Gasteiger partial charge is 0.297 e. The molecular weight excluding hydrogens is 427 g/mol. The van der Waals surface area contributed by atoms with Crippen LogP contribution in [-0.4, -0.2) is 20.8 Å². The zero-order valence-electron chi connectivity index (χ0n) is 15.5. The molecule has 1 amide bonds. The van der Waals surface area contributed by atoms with Gasteiger partial charge in [0.2, 0.25) is 0 Å². The van der Waals surface area contributed by atoms with E-state index in [0.29, 0.717) is 32.0 Å². The Kier molecular flexibility index (Phi) is 5.34. The number of rotatable bonds is 5. The van der Waals surface area contributed by atoms with Gasteiger partial charge in [0.1, 0.15) is 15.7 Å². The summed E-state index contributed by atoms with van der Waals surface area (Å²) in [6, 6.07) is 12.1. The number of nitrogens with zero attached hydrogens (tertiary/aromatic N) is 3. The second-order valence-corrected chi connectivity index (χ2v) is 8.10. The van der Waals surface area contributed by atoms with Crippen molar-refractivity contribution in [2.24, 2.45) is 0 Å².